The van der Waals surface area contributed by atoms with Crippen molar-refractivity contribution < 1.29 is 24.8 Å². The Morgan fingerprint density at radius 2 is 1.84 bits per heavy atom. The monoisotopic (exact) mass is 268 g/mol. The Bertz CT molecular complexity index is 381. The summed E-state index contributed by atoms with van der Waals surface area (Å²) in [5.74, 6) is -0.360. The van der Waals surface area contributed by atoms with Crippen molar-refractivity contribution in [2.75, 3.05) is 6.61 Å². The molecule has 19 heavy (non-hydrogen) atoms. The van der Waals surface area contributed by atoms with Crippen LogP contribution in [-0.4, -0.2) is 46.5 Å². The number of rotatable bonds is 4. The maximum atomic E-state index is 9.89. The third-order valence-electron chi connectivity index (χ3n) is 3.44. The quantitative estimate of drug-likeness (QED) is 0.731. The third-order valence-corrected chi connectivity index (χ3v) is 3.44. The minimum absolute atomic E-state index is 0.351. The highest BCUT2D eigenvalue weighted by Gasteiger charge is 2.42. The van der Waals surface area contributed by atoms with Gasteiger partial charge in [0.2, 0.25) is 0 Å². The molecular formula is C14H20O5. The van der Waals surface area contributed by atoms with E-state index >= 15 is 0 Å². The molecule has 0 aliphatic carbocycles. The minimum Gasteiger partial charge on any atom is -0.394 e. The number of ether oxygens (including phenoxy) is 2. The number of benzene rings is 1. The van der Waals surface area contributed by atoms with Crippen LogP contribution < -0.4 is 0 Å². The van der Waals surface area contributed by atoms with Gasteiger partial charge in [-0.3, -0.25) is 0 Å². The molecule has 0 spiro atoms. The second kappa shape index (κ2) is 6.45. The van der Waals surface area contributed by atoms with Gasteiger partial charge in [0.1, 0.15) is 12.2 Å². The van der Waals surface area contributed by atoms with E-state index in [0.717, 1.165) is 5.56 Å². The molecular weight excluding hydrogens is 248 g/mol. The molecule has 0 amide bonds. The lowest BCUT2D eigenvalue weighted by molar-refractivity contribution is -0.285. The SMILES string of the molecule is CC1[C@H](OCc2ccccc2)OC(CO)[C@H](O)[C@@H]1O. The van der Waals surface area contributed by atoms with Crippen molar-refractivity contribution in [3.05, 3.63) is 35.9 Å². The first-order chi connectivity index (χ1) is 9.13. The second-order valence-electron chi connectivity index (χ2n) is 4.86. The smallest absolute Gasteiger partial charge is 0.163 e. The Hall–Kier alpha value is -0.980. The van der Waals surface area contributed by atoms with Gasteiger partial charge in [-0.25, -0.2) is 0 Å². The molecule has 1 heterocycles. The lowest BCUT2D eigenvalue weighted by Crippen LogP contribution is -2.55. The van der Waals surface area contributed by atoms with Crippen LogP contribution in [0, 0.1) is 5.92 Å². The van der Waals surface area contributed by atoms with Crippen LogP contribution in [0.15, 0.2) is 30.3 Å². The number of hydrogen-bond acceptors (Lipinski definition) is 5. The lowest BCUT2D eigenvalue weighted by atomic mass is 9.92. The van der Waals surface area contributed by atoms with Crippen molar-refractivity contribution in [2.24, 2.45) is 5.92 Å². The zero-order valence-corrected chi connectivity index (χ0v) is 10.8. The van der Waals surface area contributed by atoms with Gasteiger partial charge in [-0.05, 0) is 5.56 Å². The van der Waals surface area contributed by atoms with Crippen LogP contribution in [0.2, 0.25) is 0 Å². The zero-order chi connectivity index (χ0) is 13.8. The first-order valence-corrected chi connectivity index (χ1v) is 6.41. The van der Waals surface area contributed by atoms with Gasteiger partial charge in [-0.2, -0.15) is 0 Å². The van der Waals surface area contributed by atoms with Gasteiger partial charge in [0.15, 0.2) is 6.29 Å². The molecule has 2 unspecified atom stereocenters. The van der Waals surface area contributed by atoms with Gasteiger partial charge in [-0.1, -0.05) is 37.3 Å². The highest BCUT2D eigenvalue weighted by Crippen LogP contribution is 2.27. The summed E-state index contributed by atoms with van der Waals surface area (Å²) in [4.78, 5) is 0. The first kappa shape index (κ1) is 14.4. The predicted molar refractivity (Wildman–Crippen MR) is 68.2 cm³/mol. The van der Waals surface area contributed by atoms with Crippen LogP contribution >= 0.6 is 0 Å². The molecule has 0 radical (unpaired) electrons. The Morgan fingerprint density at radius 3 is 2.47 bits per heavy atom. The molecule has 3 N–H and O–H groups in total. The molecule has 5 atom stereocenters. The van der Waals surface area contributed by atoms with Crippen molar-refractivity contribution in [1.82, 2.24) is 0 Å². The molecule has 5 heteroatoms. The molecule has 1 aliphatic rings. The fourth-order valence-electron chi connectivity index (χ4n) is 2.16. The average Bonchev–Trinajstić information content (AvgIpc) is 2.45. The van der Waals surface area contributed by atoms with E-state index in [-0.39, 0.29) is 12.5 Å². The molecule has 0 bridgehead atoms. The molecule has 0 aromatic heterocycles. The van der Waals surface area contributed by atoms with E-state index < -0.39 is 24.6 Å². The maximum Gasteiger partial charge on any atom is 0.163 e. The van der Waals surface area contributed by atoms with Crippen LogP contribution in [0.5, 0.6) is 0 Å². The summed E-state index contributed by atoms with van der Waals surface area (Å²) >= 11 is 0. The van der Waals surface area contributed by atoms with Crippen molar-refractivity contribution in [1.29, 1.82) is 0 Å². The van der Waals surface area contributed by atoms with E-state index in [1.807, 2.05) is 30.3 Å². The van der Waals surface area contributed by atoms with E-state index in [0.29, 0.717) is 6.61 Å². The Morgan fingerprint density at radius 1 is 1.16 bits per heavy atom. The van der Waals surface area contributed by atoms with Crippen LogP contribution in [0.4, 0.5) is 0 Å². The van der Waals surface area contributed by atoms with Crippen LogP contribution in [0.25, 0.3) is 0 Å². The topological polar surface area (TPSA) is 79.2 Å². The Balaban J connectivity index is 1.95. The summed E-state index contributed by atoms with van der Waals surface area (Å²) in [5, 5.41) is 28.7. The normalized spacial score (nSPS) is 35.3. The predicted octanol–water partition coefficient (Wildman–Crippen LogP) is 0.278. The Labute approximate surface area is 112 Å². The lowest BCUT2D eigenvalue weighted by Gasteiger charge is -2.40. The highest BCUT2D eigenvalue weighted by atomic mass is 16.7. The molecule has 1 fully saturated rings. The molecule has 1 aromatic rings. The second-order valence-corrected chi connectivity index (χ2v) is 4.86. The molecule has 1 saturated heterocycles. The van der Waals surface area contributed by atoms with Crippen LogP contribution in [0.1, 0.15) is 12.5 Å². The summed E-state index contributed by atoms with van der Waals surface area (Å²) < 4.78 is 11.1. The molecule has 5 nitrogen and oxygen atoms in total. The van der Waals surface area contributed by atoms with Crippen molar-refractivity contribution >= 4 is 0 Å². The van der Waals surface area contributed by atoms with Gasteiger partial charge in [0.25, 0.3) is 0 Å². The summed E-state index contributed by atoms with van der Waals surface area (Å²) in [5.41, 5.74) is 1.000. The molecule has 106 valence electrons. The zero-order valence-electron chi connectivity index (χ0n) is 10.8. The van der Waals surface area contributed by atoms with Gasteiger partial charge in [0.05, 0.1) is 19.3 Å². The average molecular weight is 268 g/mol. The van der Waals surface area contributed by atoms with E-state index in [9.17, 15) is 10.2 Å². The number of aliphatic hydroxyl groups excluding tert-OH is 3. The summed E-state index contributed by atoms with van der Waals surface area (Å²) in [6.45, 7) is 1.75. The summed E-state index contributed by atoms with van der Waals surface area (Å²) in [6.07, 6.45) is -3.51. The van der Waals surface area contributed by atoms with Gasteiger partial charge < -0.3 is 24.8 Å². The molecule has 2 rings (SSSR count). The van der Waals surface area contributed by atoms with E-state index in [4.69, 9.17) is 14.6 Å². The molecule has 0 saturated carbocycles. The fraction of sp³-hybridized carbons (Fsp3) is 0.571. The molecule has 1 aromatic carbocycles. The van der Waals surface area contributed by atoms with E-state index in [1.54, 1.807) is 6.92 Å². The highest BCUT2D eigenvalue weighted by molar-refractivity contribution is 5.13. The van der Waals surface area contributed by atoms with E-state index in [2.05, 4.69) is 0 Å². The standard InChI is InChI=1S/C14H20O5/c1-9-12(16)13(17)11(7-15)19-14(9)18-8-10-5-3-2-4-6-10/h2-6,9,11-17H,7-8H2,1H3/t9?,11?,12-,13+,14-/m1/s1. The minimum atomic E-state index is -1.09. The number of aliphatic hydroxyl groups is 3. The van der Waals surface area contributed by atoms with Crippen molar-refractivity contribution in [2.45, 2.75) is 38.1 Å². The van der Waals surface area contributed by atoms with Gasteiger partial charge in [-0.15, -0.1) is 0 Å². The van der Waals surface area contributed by atoms with Gasteiger partial charge in [0, 0.05) is 5.92 Å². The Kier molecular flexibility index (Phi) is 4.90. The van der Waals surface area contributed by atoms with Crippen LogP contribution in [-0.2, 0) is 16.1 Å². The maximum absolute atomic E-state index is 9.89. The summed E-state index contributed by atoms with van der Waals surface area (Å²) in [6, 6.07) is 9.62. The summed E-state index contributed by atoms with van der Waals surface area (Å²) in [7, 11) is 0. The first-order valence-electron chi connectivity index (χ1n) is 6.41. The third kappa shape index (κ3) is 3.32. The van der Waals surface area contributed by atoms with E-state index in [1.165, 1.54) is 0 Å². The largest absolute Gasteiger partial charge is 0.394 e. The van der Waals surface area contributed by atoms with Crippen molar-refractivity contribution in [3.63, 3.8) is 0 Å². The van der Waals surface area contributed by atoms with Crippen LogP contribution in [0.3, 0.4) is 0 Å². The number of hydrogen-bond donors (Lipinski definition) is 3. The fourth-order valence-corrected chi connectivity index (χ4v) is 2.16. The van der Waals surface area contributed by atoms with Crippen molar-refractivity contribution in [3.8, 4) is 0 Å². The van der Waals surface area contributed by atoms with Gasteiger partial charge >= 0.3 is 0 Å². The molecule has 1 aliphatic heterocycles.